The number of benzene rings is 1. The van der Waals surface area contributed by atoms with Crippen molar-refractivity contribution >= 4 is 0 Å². The Labute approximate surface area is 95.1 Å². The monoisotopic (exact) mass is 214 g/mol. The lowest BCUT2D eigenvalue weighted by atomic mass is 10.3. The van der Waals surface area contributed by atoms with Gasteiger partial charge in [0.15, 0.2) is 0 Å². The molecule has 0 bridgehead atoms. The summed E-state index contributed by atoms with van der Waals surface area (Å²) in [6.07, 6.45) is 1.74. The molecule has 1 heterocycles. The molecule has 0 fully saturated rings. The molecular formula is C13H14N2O. The van der Waals surface area contributed by atoms with Crippen molar-refractivity contribution in [3.05, 3.63) is 54.4 Å². The molecule has 0 spiro atoms. The molecule has 16 heavy (non-hydrogen) atoms. The first-order valence-corrected chi connectivity index (χ1v) is 5.21. The minimum absolute atomic E-state index is 0.756. The normalized spacial score (nSPS) is 10.1. The van der Waals surface area contributed by atoms with E-state index < -0.39 is 0 Å². The summed E-state index contributed by atoms with van der Waals surface area (Å²) in [4.78, 5) is 4.28. The molecule has 3 nitrogen and oxygen atoms in total. The number of hydrogen-bond acceptors (Lipinski definition) is 3. The van der Waals surface area contributed by atoms with Crippen molar-refractivity contribution in [3.8, 4) is 11.5 Å². The van der Waals surface area contributed by atoms with E-state index in [1.54, 1.807) is 6.20 Å². The topological polar surface area (TPSA) is 34.1 Å². The molecule has 1 aromatic heterocycles. The number of ether oxygens (including phenoxy) is 1. The van der Waals surface area contributed by atoms with E-state index in [4.69, 9.17) is 4.74 Å². The Morgan fingerprint density at radius 3 is 2.50 bits per heavy atom. The number of nitrogens with one attached hydrogen (secondary N) is 1. The first kappa shape index (κ1) is 10.6. The van der Waals surface area contributed by atoms with Gasteiger partial charge in [0.25, 0.3) is 0 Å². The average Bonchev–Trinajstić information content (AvgIpc) is 2.33. The van der Waals surface area contributed by atoms with Crippen LogP contribution in [0.15, 0.2) is 48.7 Å². The van der Waals surface area contributed by atoms with E-state index in [9.17, 15) is 0 Å². The fourth-order valence-corrected chi connectivity index (χ4v) is 1.38. The van der Waals surface area contributed by atoms with Crippen molar-refractivity contribution in [2.45, 2.75) is 6.54 Å². The summed E-state index contributed by atoms with van der Waals surface area (Å²) in [5, 5.41) is 3.05. The van der Waals surface area contributed by atoms with E-state index >= 15 is 0 Å². The maximum atomic E-state index is 5.63. The summed E-state index contributed by atoms with van der Waals surface area (Å²) in [5.41, 5.74) is 1.00. The van der Waals surface area contributed by atoms with Crippen LogP contribution in [0.1, 0.15) is 5.69 Å². The summed E-state index contributed by atoms with van der Waals surface area (Å²) in [7, 11) is 1.90. The summed E-state index contributed by atoms with van der Waals surface area (Å²) in [6, 6.07) is 13.6. The van der Waals surface area contributed by atoms with Crippen LogP contribution in [-0.2, 0) is 6.54 Å². The number of pyridine rings is 1. The molecule has 0 atom stereocenters. The number of hydrogen-bond donors (Lipinski definition) is 1. The molecule has 0 unspecified atom stereocenters. The lowest BCUT2D eigenvalue weighted by Crippen LogP contribution is -2.06. The molecule has 2 rings (SSSR count). The Balaban J connectivity index is 2.05. The lowest BCUT2D eigenvalue weighted by Gasteiger charge is -2.05. The van der Waals surface area contributed by atoms with Crippen LogP contribution < -0.4 is 10.1 Å². The van der Waals surface area contributed by atoms with Gasteiger partial charge < -0.3 is 10.1 Å². The summed E-state index contributed by atoms with van der Waals surface area (Å²) < 4.78 is 5.63. The quantitative estimate of drug-likeness (QED) is 0.849. The second-order valence-corrected chi connectivity index (χ2v) is 3.43. The number of rotatable bonds is 4. The van der Waals surface area contributed by atoms with Gasteiger partial charge in [0.2, 0.25) is 0 Å². The average molecular weight is 214 g/mol. The molecule has 82 valence electrons. The molecule has 0 saturated carbocycles. The third-order valence-corrected chi connectivity index (χ3v) is 2.13. The minimum atomic E-state index is 0.756. The molecule has 0 aliphatic rings. The molecule has 0 aliphatic carbocycles. The van der Waals surface area contributed by atoms with E-state index in [0.29, 0.717) is 0 Å². The zero-order valence-corrected chi connectivity index (χ0v) is 9.18. The number of para-hydroxylation sites is 1. The van der Waals surface area contributed by atoms with Crippen LogP contribution in [0, 0.1) is 0 Å². The zero-order valence-electron chi connectivity index (χ0n) is 9.18. The highest BCUT2D eigenvalue weighted by Crippen LogP contribution is 2.19. The van der Waals surface area contributed by atoms with E-state index in [1.165, 1.54) is 0 Å². The van der Waals surface area contributed by atoms with Crippen LogP contribution in [0.2, 0.25) is 0 Å². The summed E-state index contributed by atoms with van der Waals surface area (Å²) in [6.45, 7) is 0.769. The molecule has 0 radical (unpaired) electrons. The Morgan fingerprint density at radius 1 is 1.06 bits per heavy atom. The summed E-state index contributed by atoms with van der Waals surface area (Å²) >= 11 is 0. The fraction of sp³-hybridized carbons (Fsp3) is 0.154. The van der Waals surface area contributed by atoms with Gasteiger partial charge in [-0.05, 0) is 31.3 Å². The molecule has 0 saturated heterocycles. The zero-order chi connectivity index (χ0) is 11.2. The molecule has 1 aromatic carbocycles. The predicted octanol–water partition coefficient (Wildman–Crippen LogP) is 2.59. The smallest absolute Gasteiger partial charge is 0.145 e. The second-order valence-electron chi connectivity index (χ2n) is 3.43. The second kappa shape index (κ2) is 5.28. The van der Waals surface area contributed by atoms with Crippen molar-refractivity contribution in [1.82, 2.24) is 10.3 Å². The van der Waals surface area contributed by atoms with E-state index in [-0.39, 0.29) is 0 Å². The Hall–Kier alpha value is -1.87. The van der Waals surface area contributed by atoms with Gasteiger partial charge in [0.05, 0.1) is 11.9 Å². The molecule has 2 aromatic rings. The van der Waals surface area contributed by atoms with Gasteiger partial charge in [-0.2, -0.15) is 0 Å². The van der Waals surface area contributed by atoms with E-state index in [1.807, 2.05) is 49.5 Å². The number of aromatic nitrogens is 1. The van der Waals surface area contributed by atoms with Gasteiger partial charge >= 0.3 is 0 Å². The summed E-state index contributed by atoms with van der Waals surface area (Å²) in [5.74, 6) is 1.58. The van der Waals surface area contributed by atoms with Gasteiger partial charge in [-0.25, -0.2) is 0 Å². The van der Waals surface area contributed by atoms with Crippen LogP contribution >= 0.6 is 0 Å². The Kier molecular flexibility index (Phi) is 3.51. The number of nitrogens with zero attached hydrogens (tertiary/aromatic N) is 1. The highest BCUT2D eigenvalue weighted by atomic mass is 16.5. The third kappa shape index (κ3) is 2.81. The highest BCUT2D eigenvalue weighted by molar-refractivity contribution is 5.29. The lowest BCUT2D eigenvalue weighted by molar-refractivity contribution is 0.479. The highest BCUT2D eigenvalue weighted by Gasteiger charge is 1.97. The van der Waals surface area contributed by atoms with E-state index in [2.05, 4.69) is 10.3 Å². The SMILES string of the molecule is CNCc1ccc(Oc2ccccc2)cn1. The first-order valence-electron chi connectivity index (χ1n) is 5.21. The van der Waals surface area contributed by atoms with E-state index in [0.717, 1.165) is 23.7 Å². The predicted molar refractivity (Wildman–Crippen MR) is 63.5 cm³/mol. The van der Waals surface area contributed by atoms with Crippen LogP contribution in [0.25, 0.3) is 0 Å². The van der Waals surface area contributed by atoms with Crippen LogP contribution in [0.5, 0.6) is 11.5 Å². The van der Waals surface area contributed by atoms with Crippen molar-refractivity contribution < 1.29 is 4.74 Å². The Morgan fingerprint density at radius 2 is 1.88 bits per heavy atom. The molecule has 3 heteroatoms. The minimum Gasteiger partial charge on any atom is -0.456 e. The first-order chi connectivity index (χ1) is 7.88. The van der Waals surface area contributed by atoms with Gasteiger partial charge in [-0.3, -0.25) is 4.98 Å². The van der Waals surface area contributed by atoms with Crippen molar-refractivity contribution in [2.75, 3.05) is 7.05 Å². The Bertz CT molecular complexity index is 425. The fourth-order valence-electron chi connectivity index (χ4n) is 1.38. The standard InChI is InChI=1S/C13H14N2O/c1-14-9-11-7-8-13(10-15-11)16-12-5-3-2-4-6-12/h2-8,10,14H,9H2,1H3. The van der Waals surface area contributed by atoms with Gasteiger partial charge in [-0.1, -0.05) is 18.2 Å². The molecule has 1 N–H and O–H groups in total. The van der Waals surface area contributed by atoms with Crippen molar-refractivity contribution in [2.24, 2.45) is 0 Å². The molecule has 0 aliphatic heterocycles. The third-order valence-electron chi connectivity index (χ3n) is 2.13. The van der Waals surface area contributed by atoms with Crippen molar-refractivity contribution in [1.29, 1.82) is 0 Å². The molecule has 0 amide bonds. The maximum Gasteiger partial charge on any atom is 0.145 e. The molecular weight excluding hydrogens is 200 g/mol. The maximum absolute atomic E-state index is 5.63. The van der Waals surface area contributed by atoms with Crippen molar-refractivity contribution in [3.63, 3.8) is 0 Å². The van der Waals surface area contributed by atoms with Crippen LogP contribution in [-0.4, -0.2) is 12.0 Å². The largest absolute Gasteiger partial charge is 0.456 e. The van der Waals surface area contributed by atoms with Crippen LogP contribution in [0.4, 0.5) is 0 Å². The van der Waals surface area contributed by atoms with Gasteiger partial charge in [-0.15, -0.1) is 0 Å². The van der Waals surface area contributed by atoms with Gasteiger partial charge in [0.1, 0.15) is 11.5 Å². The van der Waals surface area contributed by atoms with Crippen LogP contribution in [0.3, 0.4) is 0 Å². The van der Waals surface area contributed by atoms with Gasteiger partial charge in [0, 0.05) is 6.54 Å².